The number of rotatable bonds is 11. The molecule has 1 aromatic heterocycles. The average molecular weight is 915 g/mol. The summed E-state index contributed by atoms with van der Waals surface area (Å²) in [7, 11) is 1.71. The van der Waals surface area contributed by atoms with Crippen LogP contribution in [0.15, 0.2) is 73.3 Å². The minimum absolute atomic E-state index is 0.0436. The van der Waals surface area contributed by atoms with Crippen LogP contribution in [0.2, 0.25) is 0 Å². The maximum Gasteiger partial charge on any atom is 0.324 e. The van der Waals surface area contributed by atoms with Crippen molar-refractivity contribution in [2.75, 3.05) is 53.0 Å². The minimum Gasteiger partial charge on any atom is -0.508 e. The number of esters is 1. The van der Waals surface area contributed by atoms with Crippen LogP contribution in [0.5, 0.6) is 5.75 Å². The molecule has 0 aliphatic carbocycles. The van der Waals surface area contributed by atoms with E-state index in [1.807, 2.05) is 19.9 Å². The second-order valence-corrected chi connectivity index (χ2v) is 20.1. The lowest BCUT2D eigenvalue weighted by atomic mass is 9.78. The van der Waals surface area contributed by atoms with Crippen molar-refractivity contribution in [1.29, 1.82) is 0 Å². The zero-order valence-electron chi connectivity index (χ0n) is 39.9. The molecule has 4 aliphatic rings. The number of amides is 4. The predicted molar refractivity (Wildman–Crippen MR) is 256 cm³/mol. The Bertz CT molecular complexity index is 2570. The monoisotopic (exact) mass is 914 g/mol. The molecule has 3 atom stereocenters. The summed E-state index contributed by atoms with van der Waals surface area (Å²) in [6.07, 6.45) is 4.33. The van der Waals surface area contributed by atoms with Crippen molar-refractivity contribution in [3.8, 4) is 28.1 Å². The Morgan fingerprint density at radius 1 is 1.04 bits per heavy atom. The van der Waals surface area contributed by atoms with Gasteiger partial charge in [0.25, 0.3) is 0 Å². The first-order chi connectivity index (χ1) is 32.1. The number of aryl methyl sites for hydroxylation is 1. The number of fused-ring (bicyclic) bond motifs is 6. The molecule has 3 aromatic carbocycles. The molecule has 5 heterocycles. The number of carbonyl (C=O) groups is 5. The molecule has 3 fully saturated rings. The fourth-order valence-electron chi connectivity index (χ4n) is 10.8. The van der Waals surface area contributed by atoms with E-state index in [1.54, 1.807) is 29.0 Å². The number of cyclic esters (lactones) is 1. The largest absolute Gasteiger partial charge is 0.508 e. The van der Waals surface area contributed by atoms with Gasteiger partial charge in [-0.05, 0) is 110 Å². The molecule has 67 heavy (non-hydrogen) atoms. The fourth-order valence-corrected chi connectivity index (χ4v) is 10.8. The summed E-state index contributed by atoms with van der Waals surface area (Å²) in [4.78, 5) is 72.3. The fraction of sp³-hybridized carbons (Fsp3) is 0.491. The molecule has 1 spiro atoms. The van der Waals surface area contributed by atoms with Gasteiger partial charge in [0.2, 0.25) is 23.6 Å². The summed E-state index contributed by atoms with van der Waals surface area (Å²) >= 11 is 0. The number of hydrazine groups is 1. The molecule has 356 valence electrons. The van der Waals surface area contributed by atoms with E-state index in [0.29, 0.717) is 64.0 Å². The number of carbonyl (C=O) groups excluding carboxylic acids is 5. The van der Waals surface area contributed by atoms with E-state index >= 15 is 0 Å². The highest BCUT2D eigenvalue weighted by atomic mass is 16.5. The van der Waals surface area contributed by atoms with Crippen LogP contribution >= 0.6 is 0 Å². The van der Waals surface area contributed by atoms with E-state index < -0.39 is 34.8 Å². The van der Waals surface area contributed by atoms with Crippen LogP contribution in [0.1, 0.15) is 70.6 Å². The van der Waals surface area contributed by atoms with Gasteiger partial charge in [0.15, 0.2) is 0 Å². The van der Waals surface area contributed by atoms with E-state index in [9.17, 15) is 29.1 Å². The quantitative estimate of drug-likeness (QED) is 0.120. The van der Waals surface area contributed by atoms with Crippen molar-refractivity contribution in [3.63, 3.8) is 0 Å². The number of aromatic hydroxyl groups is 1. The molecule has 4 aromatic rings. The first-order valence-corrected chi connectivity index (χ1v) is 23.9. The van der Waals surface area contributed by atoms with Crippen molar-refractivity contribution in [2.45, 2.75) is 91.8 Å². The van der Waals surface area contributed by atoms with Crippen molar-refractivity contribution in [1.82, 2.24) is 30.1 Å². The summed E-state index contributed by atoms with van der Waals surface area (Å²) in [5.74, 6) is -2.50. The average Bonchev–Trinajstić information content (AvgIpc) is 3.80. The lowest BCUT2D eigenvalue weighted by Crippen LogP contribution is -2.63. The number of likely N-dealkylation sites (tertiary alicyclic amines) is 2. The zero-order valence-corrected chi connectivity index (χ0v) is 39.9. The Hall–Kier alpha value is -5.99. The number of phenols is 1. The third kappa shape index (κ3) is 9.47. The van der Waals surface area contributed by atoms with Crippen molar-refractivity contribution in [3.05, 3.63) is 90.0 Å². The van der Waals surface area contributed by atoms with Gasteiger partial charge in [-0.15, -0.1) is 0 Å². The minimum atomic E-state index is -0.814. The summed E-state index contributed by atoms with van der Waals surface area (Å²) in [6, 6.07) is 18.7. The van der Waals surface area contributed by atoms with Gasteiger partial charge >= 0.3 is 5.97 Å². The van der Waals surface area contributed by atoms with E-state index in [1.165, 1.54) is 16.6 Å². The van der Waals surface area contributed by atoms with Gasteiger partial charge in [0.1, 0.15) is 17.8 Å². The maximum atomic E-state index is 14.7. The first kappa shape index (κ1) is 47.5. The molecule has 0 saturated carbocycles. The van der Waals surface area contributed by atoms with Gasteiger partial charge in [0, 0.05) is 68.3 Å². The molecule has 0 unspecified atom stereocenters. The van der Waals surface area contributed by atoms with Crippen LogP contribution in [0, 0.1) is 22.7 Å². The van der Waals surface area contributed by atoms with Gasteiger partial charge in [-0.1, -0.05) is 70.7 Å². The molecular formula is C53H66N6O8. The smallest absolute Gasteiger partial charge is 0.324 e. The number of aromatic nitrogens is 1. The third-order valence-electron chi connectivity index (χ3n) is 14.2. The molecule has 8 rings (SSSR count). The van der Waals surface area contributed by atoms with Gasteiger partial charge in [-0.2, -0.15) is 0 Å². The molecule has 0 radical (unpaired) electrons. The van der Waals surface area contributed by atoms with E-state index in [4.69, 9.17) is 9.47 Å². The Morgan fingerprint density at radius 3 is 2.55 bits per heavy atom. The highest BCUT2D eigenvalue weighted by Crippen LogP contribution is 2.44. The number of hydrogen-bond donors (Lipinski definition) is 3. The van der Waals surface area contributed by atoms with E-state index in [-0.39, 0.29) is 54.9 Å². The topological polar surface area (TPSA) is 163 Å². The molecule has 4 aliphatic heterocycles. The van der Waals surface area contributed by atoms with Crippen LogP contribution in [0.4, 0.5) is 0 Å². The van der Waals surface area contributed by atoms with Gasteiger partial charge in [-0.25, -0.2) is 5.43 Å². The summed E-state index contributed by atoms with van der Waals surface area (Å²) in [5, 5.41) is 16.9. The van der Waals surface area contributed by atoms with Crippen LogP contribution in [-0.4, -0.2) is 119 Å². The molecule has 3 N–H and O–H groups in total. The standard InChI is InChI=1S/C53H66N6O8/c1-8-45(61)56-30-53(31-56)19-21-58(51(53)65)46(33(3)4)48(62)54-29-38-24-34-23-37(26-39(60)25-34)36-16-17-44-41(27-36)42(47(57(44)9-2)40-14-11-10-13-35(40)18-22-66-7)28-52(5,6)32-67-50(64)43-15-12-20-59(55-43)49(38)63/h8,10-11,13-14,16-17,23,25-27,33,38,43,46,55,60H,1,9,12,15,18-22,24,28-32H2,2-7H3,(H,54,62)/t38-,43+,46+/m1/s1. The number of ether oxygens (including phenoxy) is 2. The normalized spacial score (nSPS) is 21.0. The van der Waals surface area contributed by atoms with Crippen LogP contribution in [-0.2, 0) is 59.3 Å². The highest BCUT2D eigenvalue weighted by molar-refractivity contribution is 5.97. The van der Waals surface area contributed by atoms with Gasteiger partial charge in [-0.3, -0.25) is 29.0 Å². The zero-order chi connectivity index (χ0) is 47.8. The Kier molecular flexibility index (Phi) is 13.7. The Labute approximate surface area is 393 Å². The van der Waals surface area contributed by atoms with Gasteiger partial charge < -0.3 is 34.3 Å². The van der Waals surface area contributed by atoms with E-state index in [0.717, 1.165) is 51.8 Å². The summed E-state index contributed by atoms with van der Waals surface area (Å²) < 4.78 is 14.0. The van der Waals surface area contributed by atoms with Crippen LogP contribution < -0.4 is 10.7 Å². The van der Waals surface area contributed by atoms with Gasteiger partial charge in [0.05, 0.1) is 30.2 Å². The number of nitrogens with one attached hydrogen (secondary N) is 2. The number of hydrogen-bond acceptors (Lipinski definition) is 9. The number of benzene rings is 3. The van der Waals surface area contributed by atoms with Crippen molar-refractivity contribution < 1.29 is 38.6 Å². The molecule has 14 heteroatoms. The summed E-state index contributed by atoms with van der Waals surface area (Å²) in [6.45, 7) is 16.4. The van der Waals surface area contributed by atoms with Crippen LogP contribution in [0.25, 0.3) is 33.3 Å². The highest BCUT2D eigenvalue weighted by Gasteiger charge is 2.57. The molecule has 3 saturated heterocycles. The number of nitrogens with zero attached hydrogens (tertiary/aromatic N) is 4. The van der Waals surface area contributed by atoms with Crippen molar-refractivity contribution >= 4 is 40.5 Å². The molecule has 6 bridgehead atoms. The van der Waals surface area contributed by atoms with E-state index in [2.05, 4.69) is 85.1 Å². The second-order valence-electron chi connectivity index (χ2n) is 20.1. The lowest BCUT2D eigenvalue weighted by molar-refractivity contribution is -0.157. The first-order valence-electron chi connectivity index (χ1n) is 23.9. The van der Waals surface area contributed by atoms with Crippen LogP contribution in [0.3, 0.4) is 0 Å². The maximum absolute atomic E-state index is 14.7. The molecule has 4 amide bonds. The lowest BCUT2D eigenvalue weighted by Gasteiger charge is -2.46. The molecule has 14 nitrogen and oxygen atoms in total. The number of phenolic OH excluding ortho intramolecular Hbond substituents is 1. The Balaban J connectivity index is 1.16. The summed E-state index contributed by atoms with van der Waals surface area (Å²) in [5.41, 5.74) is 9.94. The predicted octanol–water partition coefficient (Wildman–Crippen LogP) is 6.06. The second kappa shape index (κ2) is 19.3. The molecular weight excluding hydrogens is 849 g/mol. The third-order valence-corrected chi connectivity index (χ3v) is 14.2. The SMILES string of the molecule is C=CC(=O)N1CC2(CCN([C@H](C(=O)NC[C@H]3Cc4cc(O)cc(c4)-c4ccc5c(c4)c(c(-c4ccccc4CCOC)n5CC)CC(C)(C)COC(=O)[C@@H]4CCCN(N4)C3=O)C(C)C)C2=O)C1. The van der Waals surface area contributed by atoms with Crippen molar-refractivity contribution in [2.24, 2.45) is 22.7 Å². The Morgan fingerprint density at radius 2 is 1.82 bits per heavy atom. The number of methoxy groups -OCH3 is 1.